The van der Waals surface area contributed by atoms with Crippen molar-refractivity contribution < 1.29 is 4.42 Å². The summed E-state index contributed by atoms with van der Waals surface area (Å²) in [4.78, 5) is 4.08. The summed E-state index contributed by atoms with van der Waals surface area (Å²) in [6.45, 7) is 4.47. The SMILES string of the molecule is CCC(C)C(CSc1ncco1)NC. The van der Waals surface area contributed by atoms with Gasteiger partial charge in [-0.2, -0.15) is 0 Å². The van der Waals surface area contributed by atoms with Crippen LogP contribution in [-0.4, -0.2) is 23.8 Å². The molecule has 1 aromatic heterocycles. The number of rotatable bonds is 6. The van der Waals surface area contributed by atoms with E-state index in [1.165, 1.54) is 6.42 Å². The van der Waals surface area contributed by atoms with Crippen LogP contribution in [0.3, 0.4) is 0 Å². The molecule has 3 nitrogen and oxygen atoms in total. The summed E-state index contributed by atoms with van der Waals surface area (Å²) < 4.78 is 5.17. The topological polar surface area (TPSA) is 38.1 Å². The van der Waals surface area contributed by atoms with E-state index in [-0.39, 0.29) is 0 Å². The third kappa shape index (κ3) is 3.35. The Hall–Kier alpha value is -0.480. The van der Waals surface area contributed by atoms with Gasteiger partial charge in [-0.05, 0) is 13.0 Å². The first-order valence-electron chi connectivity index (χ1n) is 4.97. The van der Waals surface area contributed by atoms with Gasteiger partial charge in [0.1, 0.15) is 6.26 Å². The highest BCUT2D eigenvalue weighted by atomic mass is 32.2. The van der Waals surface area contributed by atoms with Crippen molar-refractivity contribution in [1.82, 2.24) is 10.3 Å². The first-order chi connectivity index (χ1) is 6.77. The van der Waals surface area contributed by atoms with Crippen LogP contribution in [0.1, 0.15) is 20.3 Å². The second kappa shape index (κ2) is 6.09. The number of nitrogens with one attached hydrogen (secondary N) is 1. The summed E-state index contributed by atoms with van der Waals surface area (Å²) in [5, 5.41) is 4.08. The summed E-state index contributed by atoms with van der Waals surface area (Å²) in [7, 11) is 2.01. The molecule has 0 aliphatic heterocycles. The van der Waals surface area contributed by atoms with Crippen molar-refractivity contribution in [2.24, 2.45) is 5.92 Å². The van der Waals surface area contributed by atoms with Crippen LogP contribution in [0.2, 0.25) is 0 Å². The van der Waals surface area contributed by atoms with Crippen LogP contribution < -0.4 is 5.32 Å². The van der Waals surface area contributed by atoms with Crippen LogP contribution in [0.5, 0.6) is 0 Å². The molecule has 0 radical (unpaired) electrons. The Labute approximate surface area is 89.7 Å². The number of aromatic nitrogens is 1. The largest absolute Gasteiger partial charge is 0.440 e. The van der Waals surface area contributed by atoms with Crippen molar-refractivity contribution in [3.8, 4) is 0 Å². The summed E-state index contributed by atoms with van der Waals surface area (Å²) >= 11 is 1.66. The van der Waals surface area contributed by atoms with Gasteiger partial charge >= 0.3 is 0 Å². The normalized spacial score (nSPS) is 15.4. The number of thioether (sulfide) groups is 1. The molecule has 0 aliphatic carbocycles. The molecule has 0 bridgehead atoms. The van der Waals surface area contributed by atoms with Gasteiger partial charge in [-0.1, -0.05) is 32.0 Å². The number of oxazole rings is 1. The smallest absolute Gasteiger partial charge is 0.255 e. The van der Waals surface area contributed by atoms with Gasteiger partial charge in [0, 0.05) is 11.8 Å². The predicted molar refractivity (Wildman–Crippen MR) is 59.5 cm³/mol. The van der Waals surface area contributed by atoms with Crippen molar-refractivity contribution >= 4 is 11.8 Å². The molecule has 2 unspecified atom stereocenters. The Kier molecular flexibility index (Phi) is 5.04. The molecule has 0 fully saturated rings. The average molecular weight is 214 g/mol. The molecule has 80 valence electrons. The summed E-state index contributed by atoms with van der Waals surface area (Å²) in [6, 6.07) is 0.525. The van der Waals surface area contributed by atoms with Crippen molar-refractivity contribution in [2.45, 2.75) is 31.5 Å². The maximum Gasteiger partial charge on any atom is 0.255 e. The first kappa shape index (κ1) is 11.6. The number of nitrogens with zero attached hydrogens (tertiary/aromatic N) is 1. The van der Waals surface area contributed by atoms with E-state index in [0.29, 0.717) is 12.0 Å². The highest BCUT2D eigenvalue weighted by molar-refractivity contribution is 7.99. The molecule has 1 rings (SSSR count). The van der Waals surface area contributed by atoms with Crippen LogP contribution in [0, 0.1) is 5.92 Å². The number of hydrogen-bond donors (Lipinski definition) is 1. The van der Waals surface area contributed by atoms with Gasteiger partial charge in [-0.3, -0.25) is 0 Å². The summed E-state index contributed by atoms with van der Waals surface area (Å²) in [6.07, 6.45) is 4.48. The molecule has 14 heavy (non-hydrogen) atoms. The Morgan fingerprint density at radius 3 is 2.93 bits per heavy atom. The fourth-order valence-corrected chi connectivity index (χ4v) is 2.34. The molecule has 4 heteroatoms. The zero-order valence-electron chi connectivity index (χ0n) is 8.99. The molecule has 0 saturated carbocycles. The minimum Gasteiger partial charge on any atom is -0.440 e. The highest BCUT2D eigenvalue weighted by Gasteiger charge is 2.14. The van der Waals surface area contributed by atoms with Gasteiger partial charge in [0.25, 0.3) is 5.22 Å². The maximum absolute atomic E-state index is 5.17. The Morgan fingerprint density at radius 1 is 1.64 bits per heavy atom. The Morgan fingerprint density at radius 2 is 2.43 bits per heavy atom. The fourth-order valence-electron chi connectivity index (χ4n) is 1.26. The quantitative estimate of drug-likeness (QED) is 0.738. The molecule has 0 aliphatic rings. The monoisotopic (exact) mass is 214 g/mol. The minimum absolute atomic E-state index is 0.525. The molecular weight excluding hydrogens is 196 g/mol. The first-order valence-corrected chi connectivity index (χ1v) is 5.96. The van der Waals surface area contributed by atoms with Gasteiger partial charge in [-0.15, -0.1) is 0 Å². The van der Waals surface area contributed by atoms with Crippen LogP contribution in [-0.2, 0) is 0 Å². The molecule has 0 aromatic carbocycles. The van der Waals surface area contributed by atoms with Crippen LogP contribution >= 0.6 is 11.8 Å². The third-order valence-electron chi connectivity index (χ3n) is 2.50. The Bertz CT molecular complexity index is 238. The zero-order valence-corrected chi connectivity index (χ0v) is 9.80. The molecule has 1 heterocycles. The van der Waals surface area contributed by atoms with Crippen LogP contribution in [0.15, 0.2) is 22.1 Å². The van der Waals surface area contributed by atoms with E-state index in [0.717, 1.165) is 11.0 Å². The summed E-state index contributed by atoms with van der Waals surface area (Å²) in [5.41, 5.74) is 0. The molecule has 0 saturated heterocycles. The molecular formula is C10H18N2OS. The van der Waals surface area contributed by atoms with E-state index in [1.54, 1.807) is 24.2 Å². The van der Waals surface area contributed by atoms with Crippen LogP contribution in [0.25, 0.3) is 0 Å². The lowest BCUT2D eigenvalue weighted by molar-refractivity contribution is 0.416. The fraction of sp³-hybridized carbons (Fsp3) is 0.700. The summed E-state index contributed by atoms with van der Waals surface area (Å²) in [5.74, 6) is 1.69. The van der Waals surface area contributed by atoms with Gasteiger partial charge in [0.2, 0.25) is 0 Å². The third-order valence-corrected chi connectivity index (χ3v) is 3.47. The van der Waals surface area contributed by atoms with Crippen molar-refractivity contribution in [1.29, 1.82) is 0 Å². The van der Waals surface area contributed by atoms with E-state index in [2.05, 4.69) is 24.1 Å². The lowest BCUT2D eigenvalue weighted by Gasteiger charge is -2.21. The van der Waals surface area contributed by atoms with E-state index in [9.17, 15) is 0 Å². The minimum atomic E-state index is 0.525. The molecule has 0 spiro atoms. The highest BCUT2D eigenvalue weighted by Crippen LogP contribution is 2.19. The standard InChI is InChI=1S/C10H18N2OS/c1-4-8(2)9(11-3)7-14-10-12-5-6-13-10/h5-6,8-9,11H,4,7H2,1-3H3. The van der Waals surface area contributed by atoms with Gasteiger partial charge < -0.3 is 9.73 Å². The van der Waals surface area contributed by atoms with E-state index >= 15 is 0 Å². The van der Waals surface area contributed by atoms with Gasteiger partial charge in [-0.25, -0.2) is 4.98 Å². The van der Waals surface area contributed by atoms with Crippen molar-refractivity contribution in [2.75, 3.05) is 12.8 Å². The van der Waals surface area contributed by atoms with E-state index in [4.69, 9.17) is 4.42 Å². The molecule has 0 amide bonds. The maximum atomic E-state index is 5.17. The Balaban J connectivity index is 2.34. The molecule has 1 aromatic rings. The van der Waals surface area contributed by atoms with Gasteiger partial charge in [0.15, 0.2) is 0 Å². The van der Waals surface area contributed by atoms with E-state index < -0.39 is 0 Å². The second-order valence-corrected chi connectivity index (χ2v) is 4.36. The second-order valence-electron chi connectivity index (χ2n) is 3.39. The van der Waals surface area contributed by atoms with Crippen molar-refractivity contribution in [3.05, 3.63) is 12.5 Å². The predicted octanol–water partition coefficient (Wildman–Crippen LogP) is 2.40. The lowest BCUT2D eigenvalue weighted by atomic mass is 10.0. The lowest BCUT2D eigenvalue weighted by Crippen LogP contribution is -2.34. The van der Waals surface area contributed by atoms with Gasteiger partial charge in [0.05, 0.1) is 6.20 Å². The molecule has 1 N–H and O–H groups in total. The average Bonchev–Trinajstić information content (AvgIpc) is 2.71. The zero-order chi connectivity index (χ0) is 10.4. The van der Waals surface area contributed by atoms with Crippen molar-refractivity contribution in [3.63, 3.8) is 0 Å². The molecule has 2 atom stereocenters. The van der Waals surface area contributed by atoms with E-state index in [1.807, 2.05) is 7.05 Å². The van der Waals surface area contributed by atoms with Crippen LogP contribution in [0.4, 0.5) is 0 Å². The number of hydrogen-bond acceptors (Lipinski definition) is 4.